The van der Waals surface area contributed by atoms with Gasteiger partial charge in [-0.25, -0.2) is 9.18 Å². The van der Waals surface area contributed by atoms with E-state index in [0.29, 0.717) is 31.9 Å². The molecule has 3 amide bonds. The van der Waals surface area contributed by atoms with E-state index in [1.54, 1.807) is 33.3 Å². The van der Waals surface area contributed by atoms with Gasteiger partial charge < -0.3 is 19.9 Å². The van der Waals surface area contributed by atoms with Crippen molar-refractivity contribution in [1.29, 1.82) is 0 Å². The van der Waals surface area contributed by atoms with Crippen LogP contribution in [-0.4, -0.2) is 47.5 Å². The normalized spacial score (nSPS) is 15.0. The number of anilines is 1. The lowest BCUT2D eigenvalue weighted by atomic mass is 10.2. The van der Waals surface area contributed by atoms with Gasteiger partial charge in [0.05, 0.1) is 12.6 Å². The summed E-state index contributed by atoms with van der Waals surface area (Å²) in [6.07, 6.45) is 1.71. The molecule has 1 aliphatic rings. The third-order valence-electron chi connectivity index (χ3n) is 6.23. The number of hydrogen-bond donors (Lipinski definition) is 1. The highest BCUT2D eigenvalue weighted by Gasteiger charge is 2.27. The summed E-state index contributed by atoms with van der Waals surface area (Å²) in [5, 5.41) is 2.96. The van der Waals surface area contributed by atoms with Crippen molar-refractivity contribution in [2.45, 2.75) is 45.9 Å². The number of ether oxygens (including phenoxy) is 1. The van der Waals surface area contributed by atoms with Crippen LogP contribution in [0.25, 0.3) is 0 Å². The lowest BCUT2D eigenvalue weighted by Gasteiger charge is -2.29. The van der Waals surface area contributed by atoms with E-state index >= 15 is 0 Å². The van der Waals surface area contributed by atoms with Gasteiger partial charge in [-0.1, -0.05) is 30.3 Å². The molecule has 6 nitrogen and oxygen atoms in total. The van der Waals surface area contributed by atoms with E-state index in [-0.39, 0.29) is 30.4 Å². The van der Waals surface area contributed by atoms with Crippen LogP contribution < -0.4 is 5.32 Å². The second kappa shape index (κ2) is 12.1. The van der Waals surface area contributed by atoms with Crippen molar-refractivity contribution in [3.8, 4) is 0 Å². The van der Waals surface area contributed by atoms with Crippen molar-refractivity contribution in [1.82, 2.24) is 9.80 Å². The van der Waals surface area contributed by atoms with Gasteiger partial charge in [-0.3, -0.25) is 4.79 Å². The number of amides is 3. The lowest BCUT2D eigenvalue weighted by molar-refractivity contribution is -0.133. The third-order valence-corrected chi connectivity index (χ3v) is 7.22. The van der Waals surface area contributed by atoms with E-state index < -0.39 is 0 Å². The first-order valence-corrected chi connectivity index (χ1v) is 13.0. The maximum Gasteiger partial charge on any atom is 0.322 e. The fourth-order valence-corrected chi connectivity index (χ4v) is 5.13. The average Bonchev–Trinajstić information content (AvgIpc) is 3.52. The monoisotopic (exact) mass is 509 g/mol. The highest BCUT2D eigenvalue weighted by atomic mass is 32.1. The summed E-state index contributed by atoms with van der Waals surface area (Å²) in [4.78, 5) is 32.4. The molecule has 0 aliphatic carbocycles. The van der Waals surface area contributed by atoms with Crippen LogP contribution in [0.5, 0.6) is 0 Å². The molecule has 1 saturated heterocycles. The number of benzene rings is 2. The standard InChI is InChI=1S/C28H32FN3O3S/c1-20-6-3-4-8-26(20)30-28(34)32(17-24-7-5-15-35-24)19-27(33)31(18-25-14-9-21(2)36-25)16-22-10-12-23(29)13-11-22/h3-4,6,8-14,24H,5,7,15-19H2,1-2H3,(H,30,34)/t24-/m0/s1. The average molecular weight is 510 g/mol. The highest BCUT2D eigenvalue weighted by molar-refractivity contribution is 7.11. The summed E-state index contributed by atoms with van der Waals surface area (Å²) >= 11 is 1.63. The number of hydrogen-bond acceptors (Lipinski definition) is 4. The Morgan fingerprint density at radius 2 is 1.81 bits per heavy atom. The molecular formula is C28H32FN3O3S. The molecule has 0 bridgehead atoms. The van der Waals surface area contributed by atoms with Crippen LogP contribution >= 0.6 is 11.3 Å². The second-order valence-electron chi connectivity index (χ2n) is 9.15. The molecule has 190 valence electrons. The maximum absolute atomic E-state index is 13.6. The summed E-state index contributed by atoms with van der Waals surface area (Å²) < 4.78 is 19.2. The SMILES string of the molecule is Cc1ccc(CN(Cc2ccc(F)cc2)C(=O)CN(C[C@@H]2CCCO2)C(=O)Nc2ccccc2C)s1. The Kier molecular flexibility index (Phi) is 8.72. The maximum atomic E-state index is 13.6. The topological polar surface area (TPSA) is 61.9 Å². The molecule has 0 spiro atoms. The summed E-state index contributed by atoms with van der Waals surface area (Å²) in [5.41, 5.74) is 2.48. The largest absolute Gasteiger partial charge is 0.376 e. The molecule has 3 aromatic rings. The molecule has 8 heteroatoms. The number of carbonyl (C=O) groups excluding carboxylic acids is 2. The van der Waals surface area contributed by atoms with E-state index in [0.717, 1.165) is 33.7 Å². The number of thiophene rings is 1. The smallest absolute Gasteiger partial charge is 0.322 e. The minimum absolute atomic E-state index is 0.0802. The molecule has 0 saturated carbocycles. The molecule has 2 aromatic carbocycles. The molecule has 1 N–H and O–H groups in total. The van der Waals surface area contributed by atoms with E-state index in [1.165, 1.54) is 12.1 Å². The van der Waals surface area contributed by atoms with E-state index in [2.05, 4.69) is 5.32 Å². The summed E-state index contributed by atoms with van der Waals surface area (Å²) in [6, 6.07) is 17.4. The molecule has 1 aliphatic heterocycles. The quantitative estimate of drug-likeness (QED) is 0.400. The summed E-state index contributed by atoms with van der Waals surface area (Å²) in [6.45, 7) is 5.62. The van der Waals surface area contributed by atoms with Crippen LogP contribution in [0.1, 0.15) is 33.7 Å². The molecule has 0 radical (unpaired) electrons. The van der Waals surface area contributed by atoms with Gasteiger partial charge in [-0.2, -0.15) is 0 Å². The first-order chi connectivity index (χ1) is 17.4. The number of para-hydroxylation sites is 1. The van der Waals surface area contributed by atoms with Crippen molar-refractivity contribution in [2.75, 3.05) is 25.0 Å². The van der Waals surface area contributed by atoms with E-state index in [1.807, 2.05) is 50.2 Å². The minimum Gasteiger partial charge on any atom is -0.376 e. The first-order valence-electron chi connectivity index (χ1n) is 12.2. The number of aryl methyl sites for hydroxylation is 2. The van der Waals surface area contributed by atoms with Gasteiger partial charge in [0.15, 0.2) is 0 Å². The van der Waals surface area contributed by atoms with Crippen LogP contribution in [0, 0.1) is 19.7 Å². The zero-order valence-corrected chi connectivity index (χ0v) is 21.5. The Bertz CT molecular complexity index is 1170. The fourth-order valence-electron chi connectivity index (χ4n) is 4.22. The van der Waals surface area contributed by atoms with Gasteiger partial charge in [0.2, 0.25) is 5.91 Å². The molecule has 2 heterocycles. The van der Waals surface area contributed by atoms with Crippen LogP contribution in [0.15, 0.2) is 60.7 Å². The molecule has 1 fully saturated rings. The number of halogens is 1. The number of urea groups is 1. The Morgan fingerprint density at radius 3 is 2.47 bits per heavy atom. The van der Waals surface area contributed by atoms with E-state index in [9.17, 15) is 14.0 Å². The summed E-state index contributed by atoms with van der Waals surface area (Å²) in [7, 11) is 0. The minimum atomic E-state index is -0.332. The predicted molar refractivity (Wildman–Crippen MR) is 140 cm³/mol. The Labute approximate surface area is 215 Å². The Morgan fingerprint density at radius 1 is 1.03 bits per heavy atom. The van der Waals surface area contributed by atoms with Crippen LogP contribution in [0.2, 0.25) is 0 Å². The van der Waals surface area contributed by atoms with Crippen LogP contribution in [0.4, 0.5) is 14.9 Å². The number of carbonyl (C=O) groups is 2. The van der Waals surface area contributed by atoms with Gasteiger partial charge in [0.25, 0.3) is 0 Å². The van der Waals surface area contributed by atoms with Crippen molar-refractivity contribution in [2.24, 2.45) is 0 Å². The van der Waals surface area contributed by atoms with Crippen LogP contribution in [-0.2, 0) is 22.6 Å². The molecule has 1 atom stereocenters. The summed E-state index contributed by atoms with van der Waals surface area (Å²) in [5.74, 6) is -0.496. The molecule has 1 aromatic heterocycles. The molecule has 0 unspecified atom stereocenters. The van der Waals surface area contributed by atoms with Crippen molar-refractivity contribution in [3.05, 3.63) is 87.4 Å². The number of rotatable bonds is 9. The molecular weight excluding hydrogens is 477 g/mol. The zero-order chi connectivity index (χ0) is 25.5. The number of nitrogens with zero attached hydrogens (tertiary/aromatic N) is 2. The van der Waals surface area contributed by atoms with Crippen molar-refractivity contribution < 1.29 is 18.7 Å². The van der Waals surface area contributed by atoms with Gasteiger partial charge in [0, 0.05) is 35.1 Å². The highest BCUT2D eigenvalue weighted by Crippen LogP contribution is 2.21. The zero-order valence-electron chi connectivity index (χ0n) is 20.7. The molecule has 36 heavy (non-hydrogen) atoms. The van der Waals surface area contributed by atoms with Crippen LogP contribution in [0.3, 0.4) is 0 Å². The van der Waals surface area contributed by atoms with Crippen molar-refractivity contribution in [3.63, 3.8) is 0 Å². The fraction of sp³-hybridized carbons (Fsp3) is 0.357. The van der Waals surface area contributed by atoms with Gasteiger partial charge in [0.1, 0.15) is 12.4 Å². The molecule has 4 rings (SSSR count). The Balaban J connectivity index is 1.52. The van der Waals surface area contributed by atoms with Gasteiger partial charge in [-0.05, 0) is 68.1 Å². The first kappa shape index (κ1) is 25.9. The van der Waals surface area contributed by atoms with Gasteiger partial charge >= 0.3 is 6.03 Å². The third kappa shape index (κ3) is 7.15. The predicted octanol–water partition coefficient (Wildman–Crippen LogP) is 5.75. The second-order valence-corrected chi connectivity index (χ2v) is 10.5. The number of nitrogens with one attached hydrogen (secondary N) is 1. The van der Waals surface area contributed by atoms with Crippen molar-refractivity contribution >= 4 is 29.0 Å². The van der Waals surface area contributed by atoms with Gasteiger partial charge in [-0.15, -0.1) is 11.3 Å². The van der Waals surface area contributed by atoms with E-state index in [4.69, 9.17) is 4.74 Å². The Hall–Kier alpha value is -3.23. The lowest BCUT2D eigenvalue weighted by Crippen LogP contribution is -2.46.